The second kappa shape index (κ2) is 8.07. The van der Waals surface area contributed by atoms with Crippen LogP contribution in [0.1, 0.15) is 113 Å². The molecule has 0 saturated heterocycles. The lowest BCUT2D eigenvalue weighted by atomic mass is 9.35. The lowest BCUT2D eigenvalue weighted by Gasteiger charge is -2.70. The third-order valence-electron chi connectivity index (χ3n) is 12.7. The molecule has 33 heavy (non-hydrogen) atoms. The topological polar surface area (TPSA) is 60.7 Å². The molecule has 0 heterocycles. The maximum Gasteiger partial charge on any atom is 0.0745 e. The molecule has 0 radical (unpaired) electrons. The summed E-state index contributed by atoms with van der Waals surface area (Å²) in [7, 11) is 0. The third kappa shape index (κ3) is 3.61. The Morgan fingerprint density at radius 1 is 0.939 bits per heavy atom. The van der Waals surface area contributed by atoms with E-state index in [0.29, 0.717) is 47.3 Å². The molecule has 190 valence electrons. The highest BCUT2D eigenvalue weighted by atomic mass is 16.3. The van der Waals surface area contributed by atoms with Crippen LogP contribution >= 0.6 is 0 Å². The summed E-state index contributed by atoms with van der Waals surface area (Å²) in [5, 5.41) is 32.8. The first-order valence-corrected chi connectivity index (χ1v) is 13.8. The summed E-state index contributed by atoms with van der Waals surface area (Å²) in [6, 6.07) is 0. The summed E-state index contributed by atoms with van der Waals surface area (Å²) in [5.41, 5.74) is 0.905. The molecule has 0 aromatic carbocycles. The summed E-state index contributed by atoms with van der Waals surface area (Å²) in [4.78, 5) is 0. The molecule has 4 rings (SSSR count). The first-order valence-electron chi connectivity index (χ1n) is 13.8. The summed E-state index contributed by atoms with van der Waals surface area (Å²) in [6.07, 6.45) is 9.91. The van der Waals surface area contributed by atoms with Gasteiger partial charge in [-0.2, -0.15) is 0 Å². The van der Waals surface area contributed by atoms with Gasteiger partial charge in [-0.1, -0.05) is 46.8 Å². The van der Waals surface area contributed by atoms with Gasteiger partial charge in [0.1, 0.15) is 0 Å². The second-order valence-corrected chi connectivity index (χ2v) is 14.4. The largest absolute Gasteiger partial charge is 0.393 e. The van der Waals surface area contributed by atoms with E-state index < -0.39 is 11.7 Å². The van der Waals surface area contributed by atoms with Crippen LogP contribution in [0.25, 0.3) is 0 Å². The molecule has 10 atom stereocenters. The number of aliphatic hydroxyl groups is 3. The van der Waals surface area contributed by atoms with E-state index >= 15 is 0 Å². The van der Waals surface area contributed by atoms with Gasteiger partial charge in [-0.3, -0.25) is 0 Å². The number of fused-ring (bicyclic) bond motifs is 5. The maximum atomic E-state index is 11.6. The first-order chi connectivity index (χ1) is 15.1. The van der Waals surface area contributed by atoms with Crippen molar-refractivity contribution < 1.29 is 15.3 Å². The van der Waals surface area contributed by atoms with Crippen molar-refractivity contribution in [2.75, 3.05) is 0 Å². The maximum absolute atomic E-state index is 11.6. The lowest BCUT2D eigenvalue weighted by Crippen LogP contribution is -2.64. The standard InChI is InChI=1S/C30H52O3/c1-19(2)22(31)12-18-30(8,33)21-11-16-28(6)20(21)9-10-24-27(5)15-14-25(32)26(3,4)23(27)13-17-29(24,28)7/h20-25,31-33H,1,9-18H2,2-8H3/t20-,21+,22-,23+,24-,25-,27+,28-,29-,30+/m1/s1. The molecule has 0 amide bonds. The number of hydrogen-bond donors (Lipinski definition) is 3. The predicted molar refractivity (Wildman–Crippen MR) is 136 cm³/mol. The molecule has 4 fully saturated rings. The van der Waals surface area contributed by atoms with E-state index in [1.807, 2.05) is 13.8 Å². The van der Waals surface area contributed by atoms with Crippen LogP contribution in [-0.4, -0.2) is 33.1 Å². The number of rotatable bonds is 5. The third-order valence-corrected chi connectivity index (χ3v) is 12.7. The summed E-state index contributed by atoms with van der Waals surface area (Å²) < 4.78 is 0. The molecule has 0 spiro atoms. The molecule has 3 nitrogen and oxygen atoms in total. The average molecular weight is 461 g/mol. The van der Waals surface area contributed by atoms with Crippen molar-refractivity contribution in [3.63, 3.8) is 0 Å². The van der Waals surface area contributed by atoms with E-state index in [1.165, 1.54) is 32.1 Å². The highest BCUT2D eigenvalue weighted by Gasteiger charge is 2.69. The van der Waals surface area contributed by atoms with Crippen molar-refractivity contribution in [3.05, 3.63) is 12.2 Å². The Morgan fingerprint density at radius 2 is 1.58 bits per heavy atom. The van der Waals surface area contributed by atoms with Gasteiger partial charge in [0.25, 0.3) is 0 Å². The van der Waals surface area contributed by atoms with Gasteiger partial charge in [0, 0.05) is 0 Å². The van der Waals surface area contributed by atoms with Gasteiger partial charge in [-0.15, -0.1) is 0 Å². The van der Waals surface area contributed by atoms with Crippen molar-refractivity contribution in [2.24, 2.45) is 45.3 Å². The lowest BCUT2D eigenvalue weighted by molar-refractivity contribution is -0.225. The van der Waals surface area contributed by atoms with Crippen LogP contribution in [-0.2, 0) is 0 Å². The molecule has 3 N–H and O–H groups in total. The second-order valence-electron chi connectivity index (χ2n) is 14.4. The fourth-order valence-electron chi connectivity index (χ4n) is 10.3. The summed E-state index contributed by atoms with van der Waals surface area (Å²) in [5.74, 6) is 2.16. The number of hydrogen-bond acceptors (Lipinski definition) is 3. The Labute approximate surface area is 203 Å². The van der Waals surface area contributed by atoms with Gasteiger partial charge in [0.2, 0.25) is 0 Å². The SMILES string of the molecule is C=C(C)[C@H](O)CC[C@](C)(O)[C@H]1CC[C@]2(C)[C@@H]1CC[C@@H]1[C@@]3(C)CC[C@@H](O)C(C)(C)[C@@H]3CC[C@]12C. The van der Waals surface area contributed by atoms with Crippen LogP contribution in [0.3, 0.4) is 0 Å². The van der Waals surface area contributed by atoms with Crippen LogP contribution in [0.5, 0.6) is 0 Å². The molecule has 4 saturated carbocycles. The van der Waals surface area contributed by atoms with Crippen molar-refractivity contribution in [3.8, 4) is 0 Å². The van der Waals surface area contributed by atoms with E-state index in [9.17, 15) is 15.3 Å². The molecule has 0 aromatic rings. The Balaban J connectivity index is 1.59. The van der Waals surface area contributed by atoms with Gasteiger partial charge in [-0.25, -0.2) is 0 Å². The van der Waals surface area contributed by atoms with E-state index in [1.54, 1.807) is 0 Å². The zero-order valence-electron chi connectivity index (χ0n) is 22.6. The fourth-order valence-corrected chi connectivity index (χ4v) is 10.3. The minimum Gasteiger partial charge on any atom is -0.393 e. The Kier molecular flexibility index (Phi) is 6.28. The number of aliphatic hydroxyl groups excluding tert-OH is 2. The van der Waals surface area contributed by atoms with Crippen LogP contribution in [0, 0.1) is 45.3 Å². The van der Waals surface area contributed by atoms with E-state index in [-0.39, 0.29) is 16.9 Å². The summed E-state index contributed by atoms with van der Waals surface area (Å²) in [6.45, 7) is 20.2. The Bertz CT molecular complexity index is 771. The van der Waals surface area contributed by atoms with Gasteiger partial charge < -0.3 is 15.3 Å². The molecule has 3 heteroatoms. The van der Waals surface area contributed by atoms with Crippen LogP contribution in [0.4, 0.5) is 0 Å². The molecule has 0 aliphatic heterocycles. The molecule has 4 aliphatic rings. The molecular formula is C30H52O3. The Morgan fingerprint density at radius 3 is 2.21 bits per heavy atom. The smallest absolute Gasteiger partial charge is 0.0745 e. The molecular weight excluding hydrogens is 408 g/mol. The minimum absolute atomic E-state index is 0.00190. The van der Waals surface area contributed by atoms with Crippen molar-refractivity contribution in [2.45, 2.75) is 130 Å². The van der Waals surface area contributed by atoms with Gasteiger partial charge in [-0.05, 0) is 123 Å². The zero-order chi connectivity index (χ0) is 24.6. The highest BCUT2D eigenvalue weighted by Crippen LogP contribution is 2.75. The van der Waals surface area contributed by atoms with Crippen molar-refractivity contribution >= 4 is 0 Å². The van der Waals surface area contributed by atoms with Crippen molar-refractivity contribution in [1.29, 1.82) is 0 Å². The molecule has 0 aromatic heterocycles. The summed E-state index contributed by atoms with van der Waals surface area (Å²) >= 11 is 0. The quantitative estimate of drug-likeness (QED) is 0.410. The zero-order valence-corrected chi connectivity index (χ0v) is 22.6. The molecule has 0 unspecified atom stereocenters. The van der Waals surface area contributed by atoms with Crippen LogP contribution in [0.15, 0.2) is 12.2 Å². The predicted octanol–water partition coefficient (Wildman–Crippen LogP) is 6.50. The van der Waals surface area contributed by atoms with Gasteiger partial charge in [0.05, 0.1) is 17.8 Å². The van der Waals surface area contributed by atoms with Gasteiger partial charge >= 0.3 is 0 Å². The van der Waals surface area contributed by atoms with E-state index in [2.05, 4.69) is 41.2 Å². The normalized spacial score (nSPS) is 49.3. The average Bonchev–Trinajstić information content (AvgIpc) is 3.08. The van der Waals surface area contributed by atoms with E-state index in [0.717, 1.165) is 24.8 Å². The molecule has 0 bridgehead atoms. The fraction of sp³-hybridized carbons (Fsp3) is 0.933. The van der Waals surface area contributed by atoms with Gasteiger partial charge in [0.15, 0.2) is 0 Å². The first kappa shape index (κ1) is 25.7. The van der Waals surface area contributed by atoms with Crippen LogP contribution in [0.2, 0.25) is 0 Å². The Hall–Kier alpha value is -0.380. The monoisotopic (exact) mass is 460 g/mol. The van der Waals surface area contributed by atoms with Crippen LogP contribution < -0.4 is 0 Å². The minimum atomic E-state index is -0.736. The van der Waals surface area contributed by atoms with E-state index in [4.69, 9.17) is 0 Å². The highest BCUT2D eigenvalue weighted by molar-refractivity contribution is 5.18. The molecule has 4 aliphatic carbocycles. The van der Waals surface area contributed by atoms with Crippen molar-refractivity contribution in [1.82, 2.24) is 0 Å².